The normalized spacial score (nSPS) is 40.4. The lowest BCUT2D eigenvalue weighted by Gasteiger charge is -2.39. The lowest BCUT2D eigenvalue weighted by Crippen LogP contribution is -2.59. The smallest absolute Gasteiger partial charge is 0.187 e. The highest BCUT2D eigenvalue weighted by molar-refractivity contribution is 4.89. The first kappa shape index (κ1) is 13.6. The van der Waals surface area contributed by atoms with Crippen molar-refractivity contribution in [1.82, 2.24) is 0 Å². The van der Waals surface area contributed by atoms with Gasteiger partial charge in [-0.2, -0.15) is 0 Å². The van der Waals surface area contributed by atoms with E-state index in [9.17, 15) is 15.3 Å². The van der Waals surface area contributed by atoms with Crippen LogP contribution in [0.25, 0.3) is 0 Å². The van der Waals surface area contributed by atoms with Crippen molar-refractivity contribution in [3.8, 4) is 0 Å². The minimum absolute atomic E-state index is 0.221. The Bertz CT molecular complexity index is 229. The van der Waals surface area contributed by atoms with Gasteiger partial charge < -0.3 is 29.9 Å². The average molecular weight is 234 g/mol. The van der Waals surface area contributed by atoms with Gasteiger partial charge in [0.1, 0.15) is 24.4 Å². The lowest BCUT2D eigenvalue weighted by atomic mass is 9.99. The van der Waals surface area contributed by atoms with Gasteiger partial charge in [-0.15, -0.1) is 0 Å². The van der Waals surface area contributed by atoms with Gasteiger partial charge in [0.15, 0.2) is 6.29 Å². The summed E-state index contributed by atoms with van der Waals surface area (Å²) in [7, 11) is 0. The summed E-state index contributed by atoms with van der Waals surface area (Å²) < 4.78 is 10.3. The molecule has 0 saturated carbocycles. The zero-order chi connectivity index (χ0) is 12.1. The summed E-state index contributed by atoms with van der Waals surface area (Å²) in [5, 5.41) is 37.4. The molecule has 0 amide bonds. The first-order valence-electron chi connectivity index (χ1n) is 5.15. The Morgan fingerprint density at radius 3 is 2.44 bits per heavy atom. The predicted molar refractivity (Wildman–Crippen MR) is 54.5 cm³/mol. The first-order valence-corrected chi connectivity index (χ1v) is 5.15. The monoisotopic (exact) mass is 234 g/mol. The van der Waals surface area contributed by atoms with Crippen molar-refractivity contribution >= 4 is 0 Å². The fourth-order valence-electron chi connectivity index (χ4n) is 1.45. The molecule has 0 aliphatic carbocycles. The Balaban J connectivity index is 2.56. The van der Waals surface area contributed by atoms with E-state index in [1.807, 2.05) is 6.92 Å². The summed E-state index contributed by atoms with van der Waals surface area (Å²) in [5.74, 6) is 0. The van der Waals surface area contributed by atoms with Gasteiger partial charge in [-0.05, 0) is 6.92 Å². The molecular formula is C10H18O6. The third-order valence-electron chi connectivity index (χ3n) is 2.44. The maximum Gasteiger partial charge on any atom is 0.187 e. The Morgan fingerprint density at radius 2 is 1.88 bits per heavy atom. The molecular weight excluding hydrogens is 216 g/mol. The standard InChI is InChI=1S/C10H18O6/c1-2-3-4-15-10-9(14)8(13)7(12)6(5-11)16-10/h2-3,6-14H,4-5H2,1H3/b3-2+/t6?,7-,8+,9?,10-/m1/s1. The van der Waals surface area contributed by atoms with E-state index in [1.165, 1.54) is 0 Å². The highest BCUT2D eigenvalue weighted by Gasteiger charge is 2.43. The summed E-state index contributed by atoms with van der Waals surface area (Å²) in [5.41, 5.74) is 0. The minimum atomic E-state index is -1.39. The van der Waals surface area contributed by atoms with E-state index in [1.54, 1.807) is 12.2 Å². The number of hydrogen-bond acceptors (Lipinski definition) is 6. The van der Waals surface area contributed by atoms with Crippen LogP contribution in [0.15, 0.2) is 12.2 Å². The zero-order valence-electron chi connectivity index (χ0n) is 9.06. The van der Waals surface area contributed by atoms with Crippen molar-refractivity contribution in [2.24, 2.45) is 0 Å². The molecule has 0 aromatic heterocycles. The number of ether oxygens (including phenoxy) is 2. The number of aliphatic hydroxyl groups is 4. The minimum Gasteiger partial charge on any atom is -0.394 e. The molecule has 6 heteroatoms. The quantitative estimate of drug-likeness (QED) is 0.436. The van der Waals surface area contributed by atoms with Crippen molar-refractivity contribution in [2.75, 3.05) is 13.2 Å². The highest BCUT2D eigenvalue weighted by Crippen LogP contribution is 2.21. The van der Waals surface area contributed by atoms with Crippen LogP contribution in [0.1, 0.15) is 6.92 Å². The Morgan fingerprint density at radius 1 is 1.19 bits per heavy atom. The lowest BCUT2D eigenvalue weighted by molar-refractivity contribution is -0.298. The van der Waals surface area contributed by atoms with E-state index in [0.29, 0.717) is 0 Å². The van der Waals surface area contributed by atoms with Gasteiger partial charge in [-0.3, -0.25) is 0 Å². The maximum atomic E-state index is 9.55. The Labute approximate surface area is 93.7 Å². The number of hydrogen-bond donors (Lipinski definition) is 4. The second-order valence-corrected chi connectivity index (χ2v) is 3.60. The van der Waals surface area contributed by atoms with Crippen molar-refractivity contribution in [3.63, 3.8) is 0 Å². The molecule has 0 radical (unpaired) electrons. The molecule has 1 rings (SSSR count). The summed E-state index contributed by atoms with van der Waals surface area (Å²) in [4.78, 5) is 0. The topological polar surface area (TPSA) is 99.4 Å². The molecule has 0 spiro atoms. The average Bonchev–Trinajstić information content (AvgIpc) is 2.29. The largest absolute Gasteiger partial charge is 0.394 e. The van der Waals surface area contributed by atoms with Crippen LogP contribution in [-0.4, -0.2) is 64.3 Å². The van der Waals surface area contributed by atoms with E-state index in [2.05, 4.69) is 0 Å². The third kappa shape index (κ3) is 3.00. The van der Waals surface area contributed by atoms with E-state index < -0.39 is 37.3 Å². The fourth-order valence-corrected chi connectivity index (χ4v) is 1.45. The molecule has 0 bridgehead atoms. The van der Waals surface area contributed by atoms with Crippen molar-refractivity contribution in [1.29, 1.82) is 0 Å². The van der Waals surface area contributed by atoms with Crippen LogP contribution in [0.5, 0.6) is 0 Å². The first-order chi connectivity index (χ1) is 7.61. The van der Waals surface area contributed by atoms with Gasteiger partial charge in [0.05, 0.1) is 13.2 Å². The Hall–Kier alpha value is -0.500. The zero-order valence-corrected chi connectivity index (χ0v) is 9.06. The van der Waals surface area contributed by atoms with E-state index in [0.717, 1.165) is 0 Å². The molecule has 2 unspecified atom stereocenters. The maximum absolute atomic E-state index is 9.55. The molecule has 0 aromatic rings. The SMILES string of the molecule is C/C=C/CO[C@@H]1OC(CO)[C@@H](O)[C@H](O)C1O. The van der Waals surface area contributed by atoms with E-state index >= 15 is 0 Å². The summed E-state index contributed by atoms with van der Waals surface area (Å²) in [6.45, 7) is 1.59. The molecule has 6 nitrogen and oxygen atoms in total. The van der Waals surface area contributed by atoms with Gasteiger partial charge in [0.25, 0.3) is 0 Å². The van der Waals surface area contributed by atoms with E-state index in [4.69, 9.17) is 14.6 Å². The number of aliphatic hydroxyl groups excluding tert-OH is 4. The molecule has 0 aromatic carbocycles. The van der Waals surface area contributed by atoms with Gasteiger partial charge in [-0.25, -0.2) is 0 Å². The summed E-state index contributed by atoms with van der Waals surface area (Å²) >= 11 is 0. The molecule has 1 aliphatic heterocycles. The van der Waals surface area contributed by atoms with Crippen LogP contribution >= 0.6 is 0 Å². The van der Waals surface area contributed by atoms with Gasteiger partial charge in [0.2, 0.25) is 0 Å². The predicted octanol–water partition coefficient (Wildman–Crippen LogP) is -1.62. The van der Waals surface area contributed by atoms with Crippen LogP contribution in [0.2, 0.25) is 0 Å². The second kappa shape index (κ2) is 6.29. The van der Waals surface area contributed by atoms with Crippen molar-refractivity contribution < 1.29 is 29.9 Å². The van der Waals surface area contributed by atoms with Crippen molar-refractivity contribution in [3.05, 3.63) is 12.2 Å². The van der Waals surface area contributed by atoms with Crippen LogP contribution in [0, 0.1) is 0 Å². The summed E-state index contributed by atoms with van der Waals surface area (Å²) in [6.07, 6.45) is -2.56. The van der Waals surface area contributed by atoms with Crippen LogP contribution in [-0.2, 0) is 9.47 Å². The second-order valence-electron chi connectivity index (χ2n) is 3.60. The summed E-state index contributed by atoms with van der Waals surface area (Å²) in [6, 6.07) is 0. The fraction of sp³-hybridized carbons (Fsp3) is 0.800. The molecule has 1 aliphatic rings. The van der Waals surface area contributed by atoms with Crippen molar-refractivity contribution in [2.45, 2.75) is 37.6 Å². The molecule has 1 fully saturated rings. The molecule has 94 valence electrons. The molecule has 5 atom stereocenters. The van der Waals surface area contributed by atoms with Crippen LogP contribution < -0.4 is 0 Å². The molecule has 1 saturated heterocycles. The number of rotatable bonds is 4. The Kier molecular flexibility index (Phi) is 5.33. The molecule has 1 heterocycles. The van der Waals surface area contributed by atoms with Gasteiger partial charge in [0, 0.05) is 0 Å². The number of allylic oxidation sites excluding steroid dienone is 1. The van der Waals surface area contributed by atoms with Crippen LogP contribution in [0.4, 0.5) is 0 Å². The van der Waals surface area contributed by atoms with Crippen LogP contribution in [0.3, 0.4) is 0 Å². The van der Waals surface area contributed by atoms with Gasteiger partial charge >= 0.3 is 0 Å². The third-order valence-corrected chi connectivity index (χ3v) is 2.44. The highest BCUT2D eigenvalue weighted by atomic mass is 16.7. The van der Waals surface area contributed by atoms with E-state index in [-0.39, 0.29) is 6.61 Å². The van der Waals surface area contributed by atoms with Gasteiger partial charge in [-0.1, -0.05) is 12.2 Å². The molecule has 4 N–H and O–H groups in total. The molecule has 16 heavy (non-hydrogen) atoms.